The van der Waals surface area contributed by atoms with E-state index in [1.165, 1.54) is 55.8 Å². The first-order valence-corrected chi connectivity index (χ1v) is 13.1. The van der Waals surface area contributed by atoms with Crippen LogP contribution >= 0.6 is 0 Å². The Morgan fingerprint density at radius 2 is 1.50 bits per heavy atom. The molecule has 1 saturated heterocycles. The second kappa shape index (κ2) is 11.9. The number of likely N-dealkylation sites (tertiary alicyclic amines) is 1. The fourth-order valence-electron chi connectivity index (χ4n) is 5.33. The van der Waals surface area contributed by atoms with Crippen LogP contribution in [0, 0.1) is 12.7 Å². The number of hydrogen-bond acceptors (Lipinski definition) is 3. The molecule has 0 aliphatic carbocycles. The Morgan fingerprint density at radius 1 is 0.952 bits per heavy atom. The number of nitrogens with one attached hydrogen (secondary N) is 1. The van der Waals surface area contributed by atoms with Crippen LogP contribution in [-0.4, -0.2) is 60.2 Å². The Balaban J connectivity index is 2.01. The molecule has 2 atom stereocenters. The van der Waals surface area contributed by atoms with Gasteiger partial charge in [-0.3, -0.25) is 14.4 Å². The van der Waals surface area contributed by atoms with Crippen molar-refractivity contribution in [3.8, 4) is 0 Å². The van der Waals surface area contributed by atoms with Gasteiger partial charge in [-0.15, -0.1) is 0 Å². The van der Waals surface area contributed by atoms with Crippen molar-refractivity contribution in [2.75, 3.05) is 26.7 Å². The molecule has 1 fully saturated rings. The number of rotatable bonds is 6. The van der Waals surface area contributed by atoms with Crippen LogP contribution in [0.5, 0.6) is 0 Å². The summed E-state index contributed by atoms with van der Waals surface area (Å²) < 4.78 is 95.1. The quantitative estimate of drug-likeness (QED) is 0.448. The van der Waals surface area contributed by atoms with Gasteiger partial charge in [-0.2, -0.15) is 26.3 Å². The van der Waals surface area contributed by atoms with Crippen LogP contribution in [0.4, 0.5) is 30.7 Å². The minimum absolute atomic E-state index is 0.00874. The van der Waals surface area contributed by atoms with Crippen molar-refractivity contribution in [2.45, 2.75) is 63.8 Å². The molecule has 0 saturated carbocycles. The molecule has 1 heterocycles. The van der Waals surface area contributed by atoms with Gasteiger partial charge in [-0.25, -0.2) is 4.39 Å². The van der Waals surface area contributed by atoms with Crippen LogP contribution in [-0.2, 0) is 32.2 Å². The van der Waals surface area contributed by atoms with Crippen molar-refractivity contribution >= 4 is 17.7 Å². The summed E-state index contributed by atoms with van der Waals surface area (Å²) >= 11 is 0. The van der Waals surface area contributed by atoms with Gasteiger partial charge in [0.1, 0.15) is 5.82 Å². The molecule has 13 heteroatoms. The Hall–Kier alpha value is -3.64. The fourth-order valence-corrected chi connectivity index (χ4v) is 5.33. The third-order valence-corrected chi connectivity index (χ3v) is 7.71. The molecule has 0 unspecified atom stereocenters. The maximum absolute atomic E-state index is 13.9. The van der Waals surface area contributed by atoms with E-state index < -0.39 is 64.0 Å². The summed E-state index contributed by atoms with van der Waals surface area (Å²) in [5.41, 5.74) is -4.16. The Labute approximate surface area is 238 Å². The summed E-state index contributed by atoms with van der Waals surface area (Å²) in [6.45, 7) is 5.41. The highest BCUT2D eigenvalue weighted by Crippen LogP contribution is 2.40. The first kappa shape index (κ1) is 32.9. The van der Waals surface area contributed by atoms with Gasteiger partial charge in [0, 0.05) is 39.0 Å². The van der Waals surface area contributed by atoms with Crippen LogP contribution in [0.1, 0.15) is 60.9 Å². The van der Waals surface area contributed by atoms with Crippen molar-refractivity contribution in [1.82, 2.24) is 15.1 Å². The molecule has 3 amide bonds. The molecule has 230 valence electrons. The number of aryl methyl sites for hydroxylation is 1. The molecular weight excluding hydrogens is 571 g/mol. The van der Waals surface area contributed by atoms with Crippen LogP contribution in [0.3, 0.4) is 0 Å². The maximum Gasteiger partial charge on any atom is 0.416 e. The number of alkyl halides is 6. The lowest BCUT2D eigenvalue weighted by Crippen LogP contribution is -2.55. The number of benzene rings is 2. The lowest BCUT2D eigenvalue weighted by molar-refractivity contribution is -0.145. The molecule has 0 aromatic heterocycles. The molecular formula is C29H32F7N3O3. The van der Waals surface area contributed by atoms with Gasteiger partial charge in [0.05, 0.1) is 23.1 Å². The highest BCUT2D eigenvalue weighted by Gasteiger charge is 2.44. The topological polar surface area (TPSA) is 69.7 Å². The van der Waals surface area contributed by atoms with Crippen LogP contribution < -0.4 is 5.32 Å². The number of amides is 3. The number of hydrogen-bond donors (Lipinski definition) is 1. The summed E-state index contributed by atoms with van der Waals surface area (Å²) in [6, 6.07) is 4.50. The number of carbonyl (C=O) groups excluding carboxylic acids is 3. The summed E-state index contributed by atoms with van der Waals surface area (Å²) in [4.78, 5) is 40.7. The average Bonchev–Trinajstić information content (AvgIpc) is 2.89. The molecule has 6 nitrogen and oxygen atoms in total. The van der Waals surface area contributed by atoms with Crippen molar-refractivity contribution in [3.05, 3.63) is 70.0 Å². The summed E-state index contributed by atoms with van der Waals surface area (Å²) in [7, 11) is 1.41. The van der Waals surface area contributed by atoms with Gasteiger partial charge in [0.2, 0.25) is 17.7 Å². The van der Waals surface area contributed by atoms with Crippen LogP contribution in [0.15, 0.2) is 36.4 Å². The predicted octanol–water partition coefficient (Wildman–Crippen LogP) is 5.43. The van der Waals surface area contributed by atoms with Gasteiger partial charge in [-0.1, -0.05) is 6.07 Å². The molecule has 2 aromatic carbocycles. The van der Waals surface area contributed by atoms with E-state index in [1.54, 1.807) is 6.92 Å². The summed E-state index contributed by atoms with van der Waals surface area (Å²) in [5.74, 6) is -2.59. The van der Waals surface area contributed by atoms with E-state index in [9.17, 15) is 45.1 Å². The second-order valence-electron chi connectivity index (χ2n) is 11.0. The van der Waals surface area contributed by atoms with Gasteiger partial charge < -0.3 is 15.1 Å². The zero-order valence-corrected chi connectivity index (χ0v) is 23.7. The smallest absolute Gasteiger partial charge is 0.347 e. The molecule has 42 heavy (non-hydrogen) atoms. The van der Waals surface area contributed by atoms with Gasteiger partial charge >= 0.3 is 12.4 Å². The van der Waals surface area contributed by atoms with Gasteiger partial charge in [0.15, 0.2) is 0 Å². The minimum Gasteiger partial charge on any atom is -0.347 e. The van der Waals surface area contributed by atoms with E-state index in [-0.39, 0.29) is 38.0 Å². The number of halogens is 7. The van der Waals surface area contributed by atoms with E-state index in [1.807, 2.05) is 0 Å². The molecule has 1 N–H and O–H groups in total. The van der Waals surface area contributed by atoms with Crippen molar-refractivity contribution < 1.29 is 45.1 Å². The number of piperidine rings is 1. The predicted molar refractivity (Wildman–Crippen MR) is 140 cm³/mol. The second-order valence-corrected chi connectivity index (χ2v) is 11.0. The SMILES string of the molecule is CC(=O)NCC(=O)N1CC[C@H](N(C)C(=O)C(C)(C)c2cc(C(F)(F)F)cc(C(F)(F)F)c2)[C@@H](c2ccc(F)cc2C)C1. The summed E-state index contributed by atoms with van der Waals surface area (Å²) in [6.07, 6.45) is -9.95. The highest BCUT2D eigenvalue weighted by molar-refractivity contribution is 5.88. The molecule has 2 aromatic rings. The Bertz CT molecular complexity index is 1320. The molecule has 0 spiro atoms. The Kier molecular flexibility index (Phi) is 9.33. The van der Waals surface area contributed by atoms with Crippen LogP contribution in [0.2, 0.25) is 0 Å². The van der Waals surface area contributed by atoms with E-state index in [0.717, 1.165) is 0 Å². The first-order chi connectivity index (χ1) is 19.2. The monoisotopic (exact) mass is 603 g/mol. The van der Waals surface area contributed by atoms with Gasteiger partial charge in [0.25, 0.3) is 0 Å². The largest absolute Gasteiger partial charge is 0.416 e. The number of likely N-dealkylation sites (N-methyl/N-ethyl adjacent to an activating group) is 1. The molecule has 0 bridgehead atoms. The highest BCUT2D eigenvalue weighted by atomic mass is 19.4. The number of carbonyl (C=O) groups is 3. The first-order valence-electron chi connectivity index (χ1n) is 13.1. The van der Waals surface area contributed by atoms with E-state index in [4.69, 9.17) is 0 Å². The minimum atomic E-state index is -5.08. The molecule has 3 rings (SSSR count). The maximum atomic E-state index is 13.9. The third-order valence-electron chi connectivity index (χ3n) is 7.71. The van der Waals surface area contributed by atoms with E-state index in [0.29, 0.717) is 23.3 Å². The average molecular weight is 604 g/mol. The van der Waals surface area contributed by atoms with Crippen molar-refractivity contribution in [2.24, 2.45) is 0 Å². The zero-order valence-electron chi connectivity index (χ0n) is 23.7. The third kappa shape index (κ3) is 7.22. The molecule has 1 aliphatic heterocycles. The van der Waals surface area contributed by atoms with Gasteiger partial charge in [-0.05, 0) is 74.2 Å². The lowest BCUT2D eigenvalue weighted by atomic mass is 9.78. The lowest BCUT2D eigenvalue weighted by Gasteiger charge is -2.45. The van der Waals surface area contributed by atoms with E-state index >= 15 is 0 Å². The zero-order chi connectivity index (χ0) is 31.8. The fraction of sp³-hybridized carbons (Fsp3) is 0.483. The molecule has 1 aliphatic rings. The standard InChI is InChI=1S/C29H32F7N3O3/c1-16-10-21(30)6-7-22(16)23-15-39(25(41)14-37-17(2)40)9-8-24(23)38(5)26(42)27(3,4)18-11-19(28(31,32)33)13-20(12-18)29(34,35)36/h6-7,10-13,23-24H,8-9,14-15H2,1-5H3,(H,37,40)/t23-,24+/m1/s1. The Morgan fingerprint density at radius 3 is 2.00 bits per heavy atom. The van der Waals surface area contributed by atoms with Crippen molar-refractivity contribution in [3.63, 3.8) is 0 Å². The van der Waals surface area contributed by atoms with E-state index in [2.05, 4.69) is 5.32 Å². The number of nitrogens with zero attached hydrogens (tertiary/aromatic N) is 2. The summed E-state index contributed by atoms with van der Waals surface area (Å²) in [5, 5.41) is 2.43. The van der Waals surface area contributed by atoms with Crippen molar-refractivity contribution in [1.29, 1.82) is 0 Å². The molecule has 0 radical (unpaired) electrons. The normalized spacial score (nSPS) is 18.0. The van der Waals surface area contributed by atoms with Crippen LogP contribution in [0.25, 0.3) is 0 Å².